The molecule has 0 spiro atoms. The van der Waals surface area contributed by atoms with Crippen molar-refractivity contribution < 1.29 is 10.2 Å². The first-order chi connectivity index (χ1) is 2.91. The molecule has 5 N–H and O–H groups in total. The molecule has 0 rings (SSSR count). The average Bonchev–Trinajstić information content (AvgIpc) is 1.61. The number of hydrogen-bond donors (Lipinski definition) is 3. The van der Waals surface area contributed by atoms with Gasteiger partial charge in [-0.25, -0.2) is 0 Å². The van der Waals surface area contributed by atoms with Crippen molar-refractivity contribution in [1.29, 1.82) is 0 Å². The molecule has 0 heterocycles. The van der Waals surface area contributed by atoms with E-state index in [4.69, 9.17) is 10.2 Å². The number of unbranched alkanes of at least 4 members (excludes halogenated alkanes) is 1. The standard InChI is InChI=1S/C4H10O2.H3N/c5-3-1-2-4-6;/h5-6H,1-4H2;1H3. The van der Waals surface area contributed by atoms with E-state index in [1.165, 1.54) is 0 Å². The fourth-order valence-corrected chi connectivity index (χ4v) is 0.224. The fourth-order valence-electron chi connectivity index (χ4n) is 0.224. The molecular weight excluding hydrogens is 94.0 g/mol. The Balaban J connectivity index is 0. The van der Waals surface area contributed by atoms with Crippen molar-refractivity contribution in [2.75, 3.05) is 13.2 Å². The molecule has 0 amide bonds. The van der Waals surface area contributed by atoms with Crippen LogP contribution in [0.1, 0.15) is 12.8 Å². The molecule has 0 aromatic rings. The lowest BCUT2D eigenvalue weighted by Gasteiger charge is -1.85. The minimum atomic E-state index is 0. The number of aliphatic hydroxyl groups is 2. The van der Waals surface area contributed by atoms with E-state index >= 15 is 0 Å². The summed E-state index contributed by atoms with van der Waals surface area (Å²) >= 11 is 0. The summed E-state index contributed by atoms with van der Waals surface area (Å²) in [6.45, 7) is 0.390. The summed E-state index contributed by atoms with van der Waals surface area (Å²) in [5.41, 5.74) is 0. The third kappa shape index (κ3) is 10.7. The van der Waals surface area contributed by atoms with Gasteiger partial charge in [0.25, 0.3) is 0 Å². The highest BCUT2D eigenvalue weighted by atomic mass is 16.3. The number of rotatable bonds is 3. The number of hydrogen-bond acceptors (Lipinski definition) is 3. The number of aliphatic hydroxyl groups excluding tert-OH is 2. The molecule has 0 unspecified atom stereocenters. The minimum absolute atomic E-state index is 0. The first-order valence-electron chi connectivity index (χ1n) is 2.13. The van der Waals surface area contributed by atoms with Gasteiger partial charge in [0.05, 0.1) is 0 Å². The van der Waals surface area contributed by atoms with Crippen molar-refractivity contribution in [2.24, 2.45) is 0 Å². The van der Waals surface area contributed by atoms with Crippen LogP contribution in [0.5, 0.6) is 0 Å². The van der Waals surface area contributed by atoms with E-state index in [2.05, 4.69) is 0 Å². The summed E-state index contributed by atoms with van der Waals surface area (Å²) in [5.74, 6) is 0. The van der Waals surface area contributed by atoms with Crippen LogP contribution in [0.4, 0.5) is 0 Å². The third-order valence-electron chi connectivity index (χ3n) is 0.566. The summed E-state index contributed by atoms with van der Waals surface area (Å²) in [6, 6.07) is 0. The van der Waals surface area contributed by atoms with Gasteiger partial charge >= 0.3 is 0 Å². The van der Waals surface area contributed by atoms with Gasteiger partial charge in [-0.1, -0.05) is 0 Å². The second-order valence-electron chi connectivity index (χ2n) is 1.15. The van der Waals surface area contributed by atoms with Crippen LogP contribution in [0.25, 0.3) is 0 Å². The van der Waals surface area contributed by atoms with Crippen LogP contribution in [0, 0.1) is 0 Å². The quantitative estimate of drug-likeness (QED) is 0.441. The lowest BCUT2D eigenvalue weighted by molar-refractivity contribution is 0.242. The normalized spacial score (nSPS) is 7.71. The average molecular weight is 107 g/mol. The summed E-state index contributed by atoms with van der Waals surface area (Å²) < 4.78 is 0. The van der Waals surface area contributed by atoms with Crippen molar-refractivity contribution in [2.45, 2.75) is 12.8 Å². The van der Waals surface area contributed by atoms with Crippen LogP contribution in [0.15, 0.2) is 0 Å². The van der Waals surface area contributed by atoms with Gasteiger partial charge < -0.3 is 16.4 Å². The molecule has 46 valence electrons. The maximum atomic E-state index is 8.09. The van der Waals surface area contributed by atoms with E-state index in [0.717, 1.165) is 12.8 Å². The van der Waals surface area contributed by atoms with Gasteiger partial charge in [-0.3, -0.25) is 0 Å². The Morgan fingerprint density at radius 1 is 0.857 bits per heavy atom. The molecule has 0 aliphatic heterocycles. The molecule has 0 atom stereocenters. The van der Waals surface area contributed by atoms with Gasteiger partial charge in [-0.05, 0) is 12.8 Å². The Labute approximate surface area is 43.6 Å². The second-order valence-corrected chi connectivity index (χ2v) is 1.15. The molecule has 0 aliphatic carbocycles. The first kappa shape index (κ1) is 9.99. The second kappa shape index (κ2) is 9.30. The van der Waals surface area contributed by atoms with E-state index in [1.54, 1.807) is 0 Å². The molecule has 3 heteroatoms. The van der Waals surface area contributed by atoms with Crippen LogP contribution in [0.3, 0.4) is 0 Å². The van der Waals surface area contributed by atoms with Crippen LogP contribution in [-0.4, -0.2) is 23.4 Å². The van der Waals surface area contributed by atoms with Crippen molar-refractivity contribution in [3.63, 3.8) is 0 Å². The SMILES string of the molecule is N.OCCCCO. The minimum Gasteiger partial charge on any atom is -0.396 e. The van der Waals surface area contributed by atoms with Gasteiger partial charge in [0, 0.05) is 13.2 Å². The zero-order valence-corrected chi connectivity index (χ0v) is 4.43. The highest BCUT2D eigenvalue weighted by molar-refractivity contribution is 4.30. The van der Waals surface area contributed by atoms with Gasteiger partial charge in [0.2, 0.25) is 0 Å². The van der Waals surface area contributed by atoms with Crippen molar-refractivity contribution >= 4 is 0 Å². The Hall–Kier alpha value is -0.120. The summed E-state index contributed by atoms with van der Waals surface area (Å²) in [4.78, 5) is 0. The summed E-state index contributed by atoms with van der Waals surface area (Å²) in [7, 11) is 0. The maximum absolute atomic E-state index is 8.09. The molecule has 0 aromatic heterocycles. The topological polar surface area (TPSA) is 75.5 Å². The Morgan fingerprint density at radius 2 is 1.14 bits per heavy atom. The summed E-state index contributed by atoms with van der Waals surface area (Å²) in [6.07, 6.45) is 1.44. The molecule has 0 saturated carbocycles. The largest absolute Gasteiger partial charge is 0.396 e. The molecule has 0 radical (unpaired) electrons. The van der Waals surface area contributed by atoms with Gasteiger partial charge in [-0.2, -0.15) is 0 Å². The highest BCUT2D eigenvalue weighted by Gasteiger charge is 1.77. The lowest BCUT2D eigenvalue weighted by atomic mass is 10.3. The predicted molar refractivity (Wildman–Crippen MR) is 28.4 cm³/mol. The van der Waals surface area contributed by atoms with E-state index in [-0.39, 0.29) is 19.4 Å². The monoisotopic (exact) mass is 107 g/mol. The van der Waals surface area contributed by atoms with E-state index < -0.39 is 0 Å². The van der Waals surface area contributed by atoms with E-state index in [0.29, 0.717) is 0 Å². The first-order valence-corrected chi connectivity index (χ1v) is 2.13. The molecular formula is C4H13NO2. The smallest absolute Gasteiger partial charge is 0.0431 e. The lowest BCUT2D eigenvalue weighted by Crippen LogP contribution is -1.85. The van der Waals surface area contributed by atoms with Crippen LogP contribution in [0.2, 0.25) is 0 Å². The molecule has 0 saturated heterocycles. The van der Waals surface area contributed by atoms with Crippen LogP contribution < -0.4 is 6.15 Å². The zero-order valence-electron chi connectivity index (χ0n) is 4.43. The van der Waals surface area contributed by atoms with Gasteiger partial charge in [0.15, 0.2) is 0 Å². The Bertz CT molecular complexity index is 21.7. The molecule has 0 aromatic carbocycles. The molecule has 3 nitrogen and oxygen atoms in total. The molecule has 0 bridgehead atoms. The zero-order chi connectivity index (χ0) is 4.83. The molecule has 0 fully saturated rings. The fraction of sp³-hybridized carbons (Fsp3) is 1.00. The van der Waals surface area contributed by atoms with Crippen LogP contribution in [-0.2, 0) is 0 Å². The van der Waals surface area contributed by atoms with Gasteiger partial charge in [0.1, 0.15) is 0 Å². The third-order valence-corrected chi connectivity index (χ3v) is 0.566. The highest BCUT2D eigenvalue weighted by Crippen LogP contribution is 1.80. The summed E-state index contributed by atoms with van der Waals surface area (Å²) in [5, 5.41) is 16.2. The van der Waals surface area contributed by atoms with Crippen molar-refractivity contribution in [1.82, 2.24) is 6.15 Å². The Morgan fingerprint density at radius 3 is 1.29 bits per heavy atom. The Kier molecular flexibility index (Phi) is 13.3. The molecule has 7 heavy (non-hydrogen) atoms. The van der Waals surface area contributed by atoms with E-state index in [9.17, 15) is 0 Å². The molecule has 0 aliphatic rings. The van der Waals surface area contributed by atoms with Crippen molar-refractivity contribution in [3.8, 4) is 0 Å². The van der Waals surface area contributed by atoms with E-state index in [1.807, 2.05) is 0 Å². The van der Waals surface area contributed by atoms with Gasteiger partial charge in [-0.15, -0.1) is 0 Å². The predicted octanol–water partition coefficient (Wildman–Crippen LogP) is -0.0868. The van der Waals surface area contributed by atoms with Crippen LogP contribution >= 0.6 is 0 Å². The maximum Gasteiger partial charge on any atom is 0.0431 e. The van der Waals surface area contributed by atoms with Crippen molar-refractivity contribution in [3.05, 3.63) is 0 Å².